The highest BCUT2D eigenvalue weighted by Crippen LogP contribution is 2.15. The second-order valence-corrected chi connectivity index (χ2v) is 2.88. The molecule has 0 heterocycles. The molecule has 0 bridgehead atoms. The van der Waals surface area contributed by atoms with Crippen molar-refractivity contribution in [2.45, 2.75) is 6.61 Å². The summed E-state index contributed by atoms with van der Waals surface area (Å²) in [5, 5.41) is -0.0474. The summed E-state index contributed by atoms with van der Waals surface area (Å²) in [7, 11) is 0. The molecule has 0 spiro atoms. The predicted octanol–water partition coefficient (Wildman–Crippen LogP) is 3.13. The Labute approximate surface area is 75.9 Å². The predicted molar refractivity (Wildman–Crippen MR) is 46.2 cm³/mol. The molecule has 0 aliphatic heterocycles. The van der Waals surface area contributed by atoms with Crippen LogP contribution in [0, 0.1) is 5.02 Å². The number of rotatable bonds is 3. The van der Waals surface area contributed by atoms with Crippen molar-refractivity contribution in [1.82, 2.24) is 0 Å². The van der Waals surface area contributed by atoms with Crippen LogP contribution in [0.2, 0.25) is 0 Å². The minimum absolute atomic E-state index is 0.0474. The minimum atomic E-state index is -0.0474. The van der Waals surface area contributed by atoms with Crippen LogP contribution in [0.25, 0.3) is 0 Å². The molecular weight excluding hydrogens is 183 g/mol. The van der Waals surface area contributed by atoms with E-state index in [-0.39, 0.29) is 5.02 Å². The molecule has 0 saturated heterocycles. The van der Waals surface area contributed by atoms with Gasteiger partial charge in [0.15, 0.2) is 0 Å². The SMILES string of the molecule is Cl[C](Cl)OCc1ccccc1. The Morgan fingerprint density at radius 1 is 1.18 bits per heavy atom. The average Bonchev–Trinajstić information content (AvgIpc) is 2.03. The van der Waals surface area contributed by atoms with Gasteiger partial charge in [-0.05, 0) is 5.56 Å². The van der Waals surface area contributed by atoms with E-state index in [2.05, 4.69) is 0 Å². The van der Waals surface area contributed by atoms with Crippen molar-refractivity contribution >= 4 is 23.2 Å². The monoisotopic (exact) mass is 189 g/mol. The zero-order valence-electron chi connectivity index (χ0n) is 5.76. The molecule has 0 aromatic heterocycles. The largest absolute Gasteiger partial charge is 0.338 e. The molecule has 1 radical (unpaired) electrons. The van der Waals surface area contributed by atoms with Gasteiger partial charge in [-0.15, -0.1) is 0 Å². The van der Waals surface area contributed by atoms with Crippen LogP contribution in [-0.4, -0.2) is 0 Å². The van der Waals surface area contributed by atoms with E-state index < -0.39 is 0 Å². The molecule has 0 saturated carbocycles. The maximum Gasteiger partial charge on any atom is 0.277 e. The summed E-state index contributed by atoms with van der Waals surface area (Å²) in [4.78, 5) is 0. The molecule has 59 valence electrons. The Bertz CT molecular complexity index is 199. The molecule has 0 N–H and O–H groups in total. The van der Waals surface area contributed by atoms with E-state index in [0.29, 0.717) is 6.61 Å². The Balaban J connectivity index is 2.39. The van der Waals surface area contributed by atoms with Crippen LogP contribution in [0.5, 0.6) is 0 Å². The number of ether oxygens (including phenoxy) is 1. The molecule has 0 unspecified atom stereocenters. The molecule has 0 fully saturated rings. The average molecular weight is 190 g/mol. The smallest absolute Gasteiger partial charge is 0.277 e. The van der Waals surface area contributed by atoms with Gasteiger partial charge in [0.25, 0.3) is 5.02 Å². The molecule has 0 aliphatic rings. The van der Waals surface area contributed by atoms with Crippen molar-refractivity contribution < 1.29 is 4.74 Å². The summed E-state index contributed by atoms with van der Waals surface area (Å²) in [6, 6.07) is 9.69. The first kappa shape index (κ1) is 8.85. The van der Waals surface area contributed by atoms with Crippen molar-refractivity contribution in [3.8, 4) is 0 Å². The first-order chi connectivity index (χ1) is 5.29. The summed E-state index contributed by atoms with van der Waals surface area (Å²) < 4.78 is 4.88. The molecule has 0 aliphatic carbocycles. The summed E-state index contributed by atoms with van der Waals surface area (Å²) in [6.07, 6.45) is 0. The molecular formula is C8H7Cl2O. The number of hydrogen-bond donors (Lipinski definition) is 0. The maximum atomic E-state index is 5.29. The fraction of sp³-hybridized carbons (Fsp3) is 0.125. The number of halogens is 2. The van der Waals surface area contributed by atoms with E-state index in [4.69, 9.17) is 27.9 Å². The Morgan fingerprint density at radius 3 is 2.36 bits per heavy atom. The summed E-state index contributed by atoms with van der Waals surface area (Å²) in [6.45, 7) is 0.420. The summed E-state index contributed by atoms with van der Waals surface area (Å²) in [5.74, 6) is 0. The van der Waals surface area contributed by atoms with Crippen LogP contribution in [0.3, 0.4) is 0 Å². The molecule has 0 atom stereocenters. The fourth-order valence-corrected chi connectivity index (χ4v) is 0.821. The zero-order chi connectivity index (χ0) is 8.10. The van der Waals surface area contributed by atoms with Crippen LogP contribution in [0.4, 0.5) is 0 Å². The third-order valence-corrected chi connectivity index (χ3v) is 1.41. The minimum Gasteiger partial charge on any atom is -0.338 e. The third kappa shape index (κ3) is 3.61. The van der Waals surface area contributed by atoms with E-state index >= 15 is 0 Å². The van der Waals surface area contributed by atoms with Gasteiger partial charge in [-0.3, -0.25) is 0 Å². The van der Waals surface area contributed by atoms with Gasteiger partial charge in [-0.2, -0.15) is 0 Å². The fourth-order valence-electron chi connectivity index (χ4n) is 0.712. The molecule has 1 aromatic rings. The Hall–Kier alpha value is -0.240. The third-order valence-electron chi connectivity index (χ3n) is 1.19. The lowest BCUT2D eigenvalue weighted by Crippen LogP contribution is -1.90. The van der Waals surface area contributed by atoms with Gasteiger partial charge >= 0.3 is 0 Å². The van der Waals surface area contributed by atoms with Gasteiger partial charge in [0.1, 0.15) is 0 Å². The lowest BCUT2D eigenvalue weighted by molar-refractivity contribution is 0.198. The topological polar surface area (TPSA) is 9.23 Å². The Kier molecular flexibility index (Phi) is 3.70. The van der Waals surface area contributed by atoms with Crippen LogP contribution in [-0.2, 0) is 11.3 Å². The molecule has 1 rings (SSSR count). The van der Waals surface area contributed by atoms with E-state index in [9.17, 15) is 0 Å². The quantitative estimate of drug-likeness (QED) is 0.711. The van der Waals surface area contributed by atoms with Crippen LogP contribution >= 0.6 is 23.2 Å². The lowest BCUT2D eigenvalue weighted by Gasteiger charge is -2.01. The van der Waals surface area contributed by atoms with Gasteiger partial charge in [0.05, 0.1) is 6.61 Å². The van der Waals surface area contributed by atoms with Gasteiger partial charge in [0, 0.05) is 0 Å². The highest BCUT2D eigenvalue weighted by molar-refractivity contribution is 6.51. The van der Waals surface area contributed by atoms with E-state index in [0.717, 1.165) is 5.56 Å². The standard InChI is InChI=1S/C8H7Cl2O/c9-8(10)11-6-7-4-2-1-3-5-7/h1-5H,6H2. The first-order valence-electron chi connectivity index (χ1n) is 3.14. The number of hydrogen-bond acceptors (Lipinski definition) is 1. The van der Waals surface area contributed by atoms with Crippen molar-refractivity contribution in [3.63, 3.8) is 0 Å². The van der Waals surface area contributed by atoms with E-state index in [1.165, 1.54) is 0 Å². The molecule has 11 heavy (non-hydrogen) atoms. The second-order valence-electron chi connectivity index (χ2n) is 2.00. The van der Waals surface area contributed by atoms with Gasteiger partial charge < -0.3 is 4.74 Å². The van der Waals surface area contributed by atoms with Crippen molar-refractivity contribution in [3.05, 3.63) is 40.9 Å². The van der Waals surface area contributed by atoms with Gasteiger partial charge in [-0.25, -0.2) is 0 Å². The highest BCUT2D eigenvalue weighted by atomic mass is 35.5. The Morgan fingerprint density at radius 2 is 1.82 bits per heavy atom. The van der Waals surface area contributed by atoms with Gasteiger partial charge in [-0.1, -0.05) is 53.5 Å². The normalized spacial score (nSPS) is 10.5. The molecule has 1 nitrogen and oxygen atoms in total. The molecule has 0 amide bonds. The van der Waals surface area contributed by atoms with Gasteiger partial charge in [0.2, 0.25) is 0 Å². The van der Waals surface area contributed by atoms with Crippen molar-refractivity contribution in [1.29, 1.82) is 0 Å². The maximum absolute atomic E-state index is 5.29. The van der Waals surface area contributed by atoms with Crippen LogP contribution in [0.1, 0.15) is 5.56 Å². The second kappa shape index (κ2) is 4.60. The van der Waals surface area contributed by atoms with Crippen molar-refractivity contribution in [2.75, 3.05) is 0 Å². The van der Waals surface area contributed by atoms with E-state index in [1.54, 1.807) is 0 Å². The highest BCUT2D eigenvalue weighted by Gasteiger charge is 1.99. The molecule has 1 aromatic carbocycles. The van der Waals surface area contributed by atoms with Crippen LogP contribution in [0.15, 0.2) is 30.3 Å². The summed E-state index contributed by atoms with van der Waals surface area (Å²) in [5.41, 5.74) is 1.05. The van der Waals surface area contributed by atoms with Crippen LogP contribution < -0.4 is 0 Å². The molecule has 3 heteroatoms. The zero-order valence-corrected chi connectivity index (χ0v) is 7.27. The summed E-state index contributed by atoms with van der Waals surface area (Å²) >= 11 is 10.6. The van der Waals surface area contributed by atoms with Crippen molar-refractivity contribution in [2.24, 2.45) is 0 Å². The number of benzene rings is 1. The first-order valence-corrected chi connectivity index (χ1v) is 3.89. The van der Waals surface area contributed by atoms with E-state index in [1.807, 2.05) is 30.3 Å². The lowest BCUT2D eigenvalue weighted by atomic mass is 10.2.